The molecular weight excluding hydrogens is 1250 g/mol. The molecule has 0 atom stereocenters. The Morgan fingerprint density at radius 3 is 0.798 bits per heavy atom. The van der Waals surface area contributed by atoms with Crippen LogP contribution in [0.3, 0.4) is 0 Å². The van der Waals surface area contributed by atoms with Crippen LogP contribution in [0, 0.1) is 83.1 Å². The molecule has 0 N–H and O–H groups in total. The zero-order chi connectivity index (χ0) is 77.6. The first-order valence-corrected chi connectivity index (χ1v) is 39.0. The lowest BCUT2D eigenvalue weighted by molar-refractivity contribution is 1.43. The van der Waals surface area contributed by atoms with Crippen molar-refractivity contribution in [2.45, 2.75) is 194 Å². The van der Waals surface area contributed by atoms with Crippen LogP contribution in [0.5, 0.6) is 0 Å². The van der Waals surface area contributed by atoms with Gasteiger partial charge in [0.15, 0.2) is 0 Å². The van der Waals surface area contributed by atoms with Gasteiger partial charge in [-0.25, -0.2) is 0 Å². The summed E-state index contributed by atoms with van der Waals surface area (Å²) < 4.78 is 0. The zero-order valence-electron chi connectivity index (χ0n) is 69.4. The Hall–Kier alpha value is -9.88. The minimum Gasteiger partial charge on any atom is -0.0683 e. The lowest BCUT2D eigenvalue weighted by Gasteiger charge is -2.11. The van der Waals surface area contributed by atoms with Gasteiger partial charge in [-0.1, -0.05) is 405 Å². The summed E-state index contributed by atoms with van der Waals surface area (Å²) in [6.45, 7) is 57.9. The Bertz CT molecular complexity index is 4950. The van der Waals surface area contributed by atoms with E-state index in [0.29, 0.717) is 0 Å². The number of hydrogen-bond donors (Lipinski definition) is 0. The third-order valence-electron chi connectivity index (χ3n) is 17.4. The maximum absolute atomic E-state index is 2.27. The molecule has 0 aliphatic heterocycles. The van der Waals surface area contributed by atoms with Crippen LogP contribution in [-0.4, -0.2) is 0 Å². The molecule has 0 heterocycles. The minimum atomic E-state index is 1.32. The highest BCUT2D eigenvalue weighted by molar-refractivity contribution is 6.10. The summed E-state index contributed by atoms with van der Waals surface area (Å²) in [4.78, 5) is 0. The Balaban J connectivity index is 0.000000312. The third-order valence-corrected chi connectivity index (χ3v) is 17.4. The summed E-state index contributed by atoms with van der Waals surface area (Å²) in [5, 5.41) is 27.0. The maximum atomic E-state index is 2.27. The second-order valence-corrected chi connectivity index (χ2v) is 24.5. The topological polar surface area (TPSA) is 0 Å². The van der Waals surface area contributed by atoms with Crippen LogP contribution in [0.25, 0.3) is 108 Å². The zero-order valence-corrected chi connectivity index (χ0v) is 69.4. The van der Waals surface area contributed by atoms with Crippen molar-refractivity contribution in [1.29, 1.82) is 0 Å². The van der Waals surface area contributed by atoms with Gasteiger partial charge in [0.25, 0.3) is 0 Å². The maximum Gasteiger partial charge on any atom is -0.0103 e. The second-order valence-electron chi connectivity index (χ2n) is 24.5. The number of aryl methyl sites for hydroxylation is 12. The lowest BCUT2D eigenvalue weighted by atomic mass is 9.93. The molecular formula is C104H128. The van der Waals surface area contributed by atoms with E-state index in [-0.39, 0.29) is 0 Å². The van der Waals surface area contributed by atoms with Gasteiger partial charge in [-0.05, 0) is 231 Å². The molecule has 0 spiro atoms. The molecule has 16 aromatic rings. The van der Waals surface area contributed by atoms with Gasteiger partial charge in [0, 0.05) is 0 Å². The largest absolute Gasteiger partial charge is 0.0683 e. The lowest BCUT2D eigenvalue weighted by Crippen LogP contribution is -1.87. The number of rotatable bonds is 0. The van der Waals surface area contributed by atoms with Crippen molar-refractivity contribution in [3.63, 3.8) is 0 Å². The Morgan fingerprint density at radius 1 is 0.125 bits per heavy atom. The Labute approximate surface area is 631 Å². The molecule has 0 saturated carbocycles. The number of fused-ring (bicyclic) bond motifs is 12. The van der Waals surface area contributed by atoms with Gasteiger partial charge >= 0.3 is 0 Å². The summed E-state index contributed by atoms with van der Waals surface area (Å²) in [6, 6.07) is 96.3. The van der Waals surface area contributed by atoms with Crippen molar-refractivity contribution in [3.05, 3.63) is 334 Å². The first kappa shape index (κ1) is 88.3. The van der Waals surface area contributed by atoms with E-state index in [0.717, 1.165) is 0 Å². The van der Waals surface area contributed by atoms with E-state index in [4.69, 9.17) is 0 Å². The molecule has 104 heavy (non-hydrogen) atoms. The second kappa shape index (κ2) is 46.7. The third kappa shape index (κ3) is 23.8. The van der Waals surface area contributed by atoms with Gasteiger partial charge in [-0.3, -0.25) is 0 Å². The Morgan fingerprint density at radius 2 is 0.385 bits per heavy atom. The molecule has 0 saturated heterocycles. The van der Waals surface area contributed by atoms with Crippen molar-refractivity contribution < 1.29 is 0 Å². The van der Waals surface area contributed by atoms with Crippen LogP contribution < -0.4 is 0 Å². The first-order valence-electron chi connectivity index (χ1n) is 39.0. The standard InChI is InChI=1S/4C16H14.2C12H12.8C2H6/c1-11-3-7-15-13(9-11)5-6-14-10-12(2)4-8-16(14)15;1-11-3-5-13-10-16-8-12(2)4-6-14(16)9-15(13)7-11;1-11-13-7-3-5-9-15(13)12(2)16-10-6-4-8-14(11)16;1-11-7-8-13-10-12(2)14-5-3-4-6-15(14)16(13)9-11;1-9-6-7-12-10(2)4-3-5-11(12)8-9;1-9-7-10(2)12-6-4-3-5-11(12)8-9;8*1-2/h4*3-10H,1-2H3;2*3-8H,1-2H3;8*1-2H3. The van der Waals surface area contributed by atoms with Gasteiger partial charge in [0.2, 0.25) is 0 Å². The normalized spacial score (nSPS) is 9.73. The highest BCUT2D eigenvalue weighted by Crippen LogP contribution is 2.33. The molecule has 16 aromatic carbocycles. The van der Waals surface area contributed by atoms with Gasteiger partial charge in [0.1, 0.15) is 0 Å². The number of benzene rings is 16. The fourth-order valence-corrected chi connectivity index (χ4v) is 12.8. The molecule has 0 nitrogen and oxygen atoms in total. The smallest absolute Gasteiger partial charge is 0.0103 e. The van der Waals surface area contributed by atoms with Crippen LogP contribution in [0.15, 0.2) is 267 Å². The van der Waals surface area contributed by atoms with Crippen LogP contribution >= 0.6 is 0 Å². The van der Waals surface area contributed by atoms with E-state index in [1.165, 1.54) is 174 Å². The van der Waals surface area contributed by atoms with E-state index in [9.17, 15) is 0 Å². The van der Waals surface area contributed by atoms with Crippen LogP contribution in [0.4, 0.5) is 0 Å². The molecule has 0 fully saturated rings. The summed E-state index contributed by atoms with van der Waals surface area (Å²) in [5.41, 5.74) is 16.1. The van der Waals surface area contributed by atoms with Gasteiger partial charge in [0.05, 0.1) is 0 Å². The molecule has 16 rings (SSSR count). The van der Waals surface area contributed by atoms with Gasteiger partial charge < -0.3 is 0 Å². The average molecular weight is 1380 g/mol. The molecule has 0 heteroatoms. The van der Waals surface area contributed by atoms with Crippen molar-refractivity contribution in [1.82, 2.24) is 0 Å². The predicted octanol–water partition coefficient (Wildman–Crippen LogP) is 33.6. The van der Waals surface area contributed by atoms with Crippen molar-refractivity contribution in [3.8, 4) is 0 Å². The van der Waals surface area contributed by atoms with E-state index >= 15 is 0 Å². The average Bonchev–Trinajstić information content (AvgIpc) is 0.781. The summed E-state index contributed by atoms with van der Waals surface area (Å²) >= 11 is 0. The molecule has 0 aliphatic carbocycles. The fourth-order valence-electron chi connectivity index (χ4n) is 12.8. The van der Waals surface area contributed by atoms with Gasteiger partial charge in [-0.2, -0.15) is 0 Å². The SMILES string of the molecule is CC.CC.CC.CC.CC.CC.CC.CC.Cc1c2ccccc2c(C)c2ccccc12.Cc1cc(C)c2ccccc2c1.Cc1ccc2c(C)cccc2c1.Cc1ccc2c(ccc3cc(C)ccc32)c1.Cc1ccc2cc(C)c3ccccc3c2c1.Cc1ccc2cc3cc(C)ccc3cc2c1. The highest BCUT2D eigenvalue weighted by Gasteiger charge is 2.08. The fraction of sp³-hybridized carbons (Fsp3) is 0.269. The highest BCUT2D eigenvalue weighted by atomic mass is 14.1. The van der Waals surface area contributed by atoms with Crippen LogP contribution in [0.1, 0.15) is 178 Å². The molecule has 544 valence electrons. The minimum absolute atomic E-state index is 1.32. The summed E-state index contributed by atoms with van der Waals surface area (Å²) in [6.07, 6.45) is 0. The molecule has 0 aromatic heterocycles. The van der Waals surface area contributed by atoms with E-state index in [1.807, 2.05) is 111 Å². The molecule has 0 unspecified atom stereocenters. The molecule has 0 radical (unpaired) electrons. The van der Waals surface area contributed by atoms with Crippen molar-refractivity contribution in [2.24, 2.45) is 0 Å². The predicted molar refractivity (Wildman–Crippen MR) is 481 cm³/mol. The Kier molecular flexibility index (Phi) is 39.6. The first-order chi connectivity index (χ1) is 50.5. The summed E-state index contributed by atoms with van der Waals surface area (Å²) in [5.74, 6) is 0. The molecule has 0 bridgehead atoms. The van der Waals surface area contributed by atoms with Crippen LogP contribution in [-0.2, 0) is 0 Å². The van der Waals surface area contributed by atoms with Crippen LogP contribution in [0.2, 0.25) is 0 Å². The van der Waals surface area contributed by atoms with Crippen molar-refractivity contribution >= 4 is 108 Å². The monoisotopic (exact) mass is 1380 g/mol. The molecule has 0 amide bonds. The van der Waals surface area contributed by atoms with Crippen molar-refractivity contribution in [2.75, 3.05) is 0 Å². The quantitative estimate of drug-likeness (QED) is 0.105. The molecule has 0 aliphatic rings. The van der Waals surface area contributed by atoms with E-state index in [1.54, 1.807) is 0 Å². The van der Waals surface area contributed by atoms with E-state index < -0.39 is 0 Å². The van der Waals surface area contributed by atoms with Gasteiger partial charge in [-0.15, -0.1) is 0 Å². The summed E-state index contributed by atoms with van der Waals surface area (Å²) in [7, 11) is 0. The number of hydrogen-bond acceptors (Lipinski definition) is 0. The van der Waals surface area contributed by atoms with E-state index in [2.05, 4.69) is 350 Å².